The molecule has 4 N–H and O–H groups in total. The predicted octanol–water partition coefficient (Wildman–Crippen LogP) is 1.81. The van der Waals surface area contributed by atoms with Crippen molar-refractivity contribution in [2.24, 2.45) is 5.41 Å². The molecule has 6 nitrogen and oxygen atoms in total. The van der Waals surface area contributed by atoms with E-state index >= 15 is 0 Å². The summed E-state index contributed by atoms with van der Waals surface area (Å²) in [4.78, 5) is 23.5. The first-order chi connectivity index (χ1) is 9.98. The van der Waals surface area contributed by atoms with Crippen LogP contribution in [-0.2, 0) is 4.79 Å². The van der Waals surface area contributed by atoms with Crippen molar-refractivity contribution in [3.63, 3.8) is 0 Å². The highest BCUT2D eigenvalue weighted by Crippen LogP contribution is 2.32. The number of nitrogens with one attached hydrogen (secondary N) is 2. The molecule has 1 unspecified atom stereocenters. The number of piperidine rings is 1. The quantitative estimate of drug-likeness (QED) is 0.634. The molecule has 1 saturated heterocycles. The van der Waals surface area contributed by atoms with Crippen LogP contribution in [0.2, 0.25) is 0 Å². The van der Waals surface area contributed by atoms with Gasteiger partial charge in [0.05, 0.1) is 5.41 Å². The molecule has 0 radical (unpaired) electrons. The first-order valence-electron chi connectivity index (χ1n) is 7.07. The summed E-state index contributed by atoms with van der Waals surface area (Å²) in [6.45, 7) is 3.52. The average molecular weight is 292 g/mol. The molecule has 0 bridgehead atoms. The highest BCUT2D eigenvalue weighted by atomic mass is 16.4. The predicted molar refractivity (Wildman–Crippen MR) is 78.5 cm³/mol. The highest BCUT2D eigenvalue weighted by Gasteiger charge is 2.37. The smallest absolute Gasteiger partial charge is 0.339 e. The molecule has 21 heavy (non-hydrogen) atoms. The molecule has 1 aliphatic rings. The minimum Gasteiger partial charge on any atom is -0.507 e. The molecule has 6 heteroatoms. The second kappa shape index (κ2) is 6.13. The number of carbonyl (C=O) groups excluding carboxylic acids is 1. The molecule has 1 heterocycles. The summed E-state index contributed by atoms with van der Waals surface area (Å²) in [5.74, 6) is -1.66. The summed E-state index contributed by atoms with van der Waals surface area (Å²) in [7, 11) is 0. The number of benzene rings is 1. The number of hydrogen-bond acceptors (Lipinski definition) is 4. The third kappa shape index (κ3) is 3.16. The molecule has 0 saturated carbocycles. The zero-order valence-corrected chi connectivity index (χ0v) is 12.0. The molecule has 1 amide bonds. The largest absolute Gasteiger partial charge is 0.507 e. The molecular formula is C15H20N2O4. The van der Waals surface area contributed by atoms with E-state index in [0.717, 1.165) is 25.8 Å². The number of hydrogen-bond donors (Lipinski definition) is 4. The van der Waals surface area contributed by atoms with Crippen LogP contribution in [0.1, 0.15) is 36.5 Å². The number of rotatable bonds is 4. The first kappa shape index (κ1) is 15.3. The van der Waals surface area contributed by atoms with E-state index in [9.17, 15) is 14.7 Å². The van der Waals surface area contributed by atoms with Crippen molar-refractivity contribution in [2.45, 2.75) is 26.2 Å². The van der Waals surface area contributed by atoms with Gasteiger partial charge in [-0.05, 0) is 44.0 Å². The van der Waals surface area contributed by atoms with Gasteiger partial charge in [-0.1, -0.05) is 6.92 Å². The number of amides is 1. The molecule has 1 atom stereocenters. The van der Waals surface area contributed by atoms with Crippen molar-refractivity contribution in [1.29, 1.82) is 0 Å². The molecule has 0 aliphatic carbocycles. The molecule has 0 spiro atoms. The van der Waals surface area contributed by atoms with Crippen molar-refractivity contribution in [3.8, 4) is 5.75 Å². The van der Waals surface area contributed by atoms with E-state index in [1.54, 1.807) is 0 Å². The van der Waals surface area contributed by atoms with E-state index in [4.69, 9.17) is 5.11 Å². The lowest BCUT2D eigenvalue weighted by Gasteiger charge is -2.35. The Morgan fingerprint density at radius 2 is 2.19 bits per heavy atom. The Balaban J connectivity index is 2.19. The normalized spacial score (nSPS) is 21.8. The number of carbonyl (C=O) groups is 2. The Kier molecular flexibility index (Phi) is 4.47. The minimum atomic E-state index is -1.23. The topological polar surface area (TPSA) is 98.7 Å². The third-order valence-electron chi connectivity index (χ3n) is 4.12. The van der Waals surface area contributed by atoms with Crippen LogP contribution >= 0.6 is 0 Å². The van der Waals surface area contributed by atoms with Crippen LogP contribution in [0.5, 0.6) is 5.75 Å². The summed E-state index contributed by atoms with van der Waals surface area (Å²) in [5.41, 5.74) is -0.298. The maximum atomic E-state index is 12.5. The van der Waals surface area contributed by atoms with Crippen LogP contribution in [0.25, 0.3) is 0 Å². The number of phenols is 1. The SMILES string of the molecule is CCC1(C(=O)Nc2ccc(O)c(C(=O)O)c2)CCCNC1. The van der Waals surface area contributed by atoms with Crippen LogP contribution in [-0.4, -0.2) is 35.2 Å². The molecular weight excluding hydrogens is 272 g/mol. The van der Waals surface area contributed by atoms with E-state index in [-0.39, 0.29) is 17.2 Å². The summed E-state index contributed by atoms with van der Waals surface area (Å²) in [6.07, 6.45) is 2.47. The van der Waals surface area contributed by atoms with Crippen LogP contribution in [0, 0.1) is 5.41 Å². The summed E-state index contributed by atoms with van der Waals surface area (Å²) in [5, 5.41) is 24.5. The van der Waals surface area contributed by atoms with Gasteiger partial charge < -0.3 is 20.8 Å². The Bertz CT molecular complexity index is 551. The zero-order chi connectivity index (χ0) is 15.5. The molecule has 2 rings (SSSR count). The number of carboxylic acids is 1. The number of carboxylic acid groups (broad SMARTS) is 1. The maximum absolute atomic E-state index is 12.5. The van der Waals surface area contributed by atoms with Gasteiger partial charge >= 0.3 is 5.97 Å². The molecule has 1 fully saturated rings. The van der Waals surface area contributed by atoms with Gasteiger partial charge in [0.2, 0.25) is 5.91 Å². The third-order valence-corrected chi connectivity index (χ3v) is 4.12. The Morgan fingerprint density at radius 1 is 1.43 bits per heavy atom. The summed E-state index contributed by atoms with van der Waals surface area (Å²) < 4.78 is 0. The fourth-order valence-corrected chi connectivity index (χ4v) is 2.67. The molecule has 114 valence electrons. The van der Waals surface area contributed by atoms with Crippen LogP contribution in [0.3, 0.4) is 0 Å². The van der Waals surface area contributed by atoms with Gasteiger partial charge in [-0.15, -0.1) is 0 Å². The Labute approximate surface area is 123 Å². The van der Waals surface area contributed by atoms with E-state index in [0.29, 0.717) is 12.2 Å². The van der Waals surface area contributed by atoms with Gasteiger partial charge in [-0.2, -0.15) is 0 Å². The lowest BCUT2D eigenvalue weighted by atomic mass is 9.77. The van der Waals surface area contributed by atoms with Gasteiger partial charge in [0.15, 0.2) is 0 Å². The van der Waals surface area contributed by atoms with Crippen LogP contribution < -0.4 is 10.6 Å². The second-order valence-corrected chi connectivity index (χ2v) is 5.41. The molecule has 1 aliphatic heterocycles. The summed E-state index contributed by atoms with van der Waals surface area (Å²) >= 11 is 0. The number of anilines is 1. The van der Waals surface area contributed by atoms with Gasteiger partial charge in [0, 0.05) is 12.2 Å². The van der Waals surface area contributed by atoms with Crippen molar-refractivity contribution < 1.29 is 19.8 Å². The Hall–Kier alpha value is -2.08. The van der Waals surface area contributed by atoms with E-state index in [1.165, 1.54) is 18.2 Å². The molecule has 1 aromatic carbocycles. The standard InChI is InChI=1S/C15H20N2O4/c1-2-15(6-3-7-16-9-15)14(21)17-10-4-5-12(18)11(8-10)13(19)20/h4-5,8,16,18H,2-3,6-7,9H2,1H3,(H,17,21)(H,19,20). The highest BCUT2D eigenvalue weighted by molar-refractivity contribution is 5.98. The maximum Gasteiger partial charge on any atom is 0.339 e. The molecule has 1 aromatic rings. The van der Waals surface area contributed by atoms with Gasteiger partial charge in [-0.25, -0.2) is 4.79 Å². The average Bonchev–Trinajstić information content (AvgIpc) is 2.49. The number of aromatic carboxylic acids is 1. The zero-order valence-electron chi connectivity index (χ0n) is 12.0. The van der Waals surface area contributed by atoms with Crippen LogP contribution in [0.15, 0.2) is 18.2 Å². The van der Waals surface area contributed by atoms with Gasteiger partial charge in [0.1, 0.15) is 11.3 Å². The van der Waals surface area contributed by atoms with E-state index < -0.39 is 11.4 Å². The van der Waals surface area contributed by atoms with Crippen molar-refractivity contribution in [1.82, 2.24) is 5.32 Å². The van der Waals surface area contributed by atoms with E-state index in [1.807, 2.05) is 6.92 Å². The lowest BCUT2D eigenvalue weighted by molar-refractivity contribution is -0.126. The van der Waals surface area contributed by atoms with Crippen LogP contribution in [0.4, 0.5) is 5.69 Å². The number of aromatic hydroxyl groups is 1. The van der Waals surface area contributed by atoms with Crippen molar-refractivity contribution in [3.05, 3.63) is 23.8 Å². The fourth-order valence-electron chi connectivity index (χ4n) is 2.67. The minimum absolute atomic E-state index is 0.112. The molecule has 0 aromatic heterocycles. The van der Waals surface area contributed by atoms with Gasteiger partial charge in [-0.3, -0.25) is 4.79 Å². The second-order valence-electron chi connectivity index (χ2n) is 5.41. The fraction of sp³-hybridized carbons (Fsp3) is 0.467. The Morgan fingerprint density at radius 3 is 2.76 bits per heavy atom. The first-order valence-corrected chi connectivity index (χ1v) is 7.07. The monoisotopic (exact) mass is 292 g/mol. The van der Waals surface area contributed by atoms with Gasteiger partial charge in [0.25, 0.3) is 0 Å². The lowest BCUT2D eigenvalue weighted by Crippen LogP contribution is -2.47. The summed E-state index contributed by atoms with van der Waals surface area (Å²) in [6, 6.07) is 4.05. The van der Waals surface area contributed by atoms with Crippen molar-refractivity contribution >= 4 is 17.6 Å². The van der Waals surface area contributed by atoms with Crippen molar-refractivity contribution in [2.75, 3.05) is 18.4 Å². The van der Waals surface area contributed by atoms with E-state index in [2.05, 4.69) is 10.6 Å².